The van der Waals surface area contributed by atoms with Gasteiger partial charge in [0, 0.05) is 5.82 Å². The molecule has 0 N–H and O–H groups in total. The minimum Gasteiger partial charge on any atom is -0.448 e. The summed E-state index contributed by atoms with van der Waals surface area (Å²) in [5.41, 5.74) is 0. The highest BCUT2D eigenvalue weighted by Gasteiger charge is 2.56. The van der Waals surface area contributed by atoms with Crippen molar-refractivity contribution >= 4 is 6.98 Å². The largest absolute Gasteiger partial charge is 0.490 e. The monoisotopic (exact) mass is 205 g/mol. The van der Waals surface area contributed by atoms with Crippen LogP contribution in [-0.4, -0.2) is 13.2 Å². The van der Waals surface area contributed by atoms with E-state index >= 15 is 0 Å². The Morgan fingerprint density at radius 1 is 1.08 bits per heavy atom. The Balaban J connectivity index is 2.76. The minimum absolute atomic E-state index is 0.0471. The van der Waals surface area contributed by atoms with Crippen molar-refractivity contribution in [2.24, 2.45) is 5.92 Å². The molecule has 1 aliphatic carbocycles. The van der Waals surface area contributed by atoms with Gasteiger partial charge < -0.3 is 12.9 Å². The molecule has 0 aliphatic heterocycles. The lowest BCUT2D eigenvalue weighted by Gasteiger charge is -2.40. The summed E-state index contributed by atoms with van der Waals surface area (Å²) in [7, 11) is 0. The fraction of sp³-hybridized carbons (Fsp3) is 1.00. The summed E-state index contributed by atoms with van der Waals surface area (Å²) in [5, 5.41) is 0. The van der Waals surface area contributed by atoms with E-state index in [0.29, 0.717) is 6.42 Å². The molecular weight excluding hydrogens is 197 g/mol. The molecule has 0 radical (unpaired) electrons. The van der Waals surface area contributed by atoms with Crippen molar-refractivity contribution in [2.45, 2.75) is 31.3 Å². The maximum absolute atomic E-state index is 12.0. The molecule has 1 saturated carbocycles. The van der Waals surface area contributed by atoms with Crippen LogP contribution < -0.4 is 0 Å². The molecule has 1 atom stereocenters. The molecule has 0 aromatic heterocycles. The van der Waals surface area contributed by atoms with Crippen molar-refractivity contribution in [2.75, 3.05) is 0 Å². The lowest BCUT2D eigenvalue weighted by Crippen LogP contribution is -2.42. The third-order valence-corrected chi connectivity index (χ3v) is 2.44. The normalized spacial score (nSPS) is 22.6. The molecule has 0 saturated heterocycles. The van der Waals surface area contributed by atoms with Crippen LogP contribution in [0.3, 0.4) is 0 Å². The fourth-order valence-corrected chi connectivity index (χ4v) is 1.59. The minimum atomic E-state index is -5.79. The molecule has 1 rings (SSSR count). The van der Waals surface area contributed by atoms with E-state index in [1.807, 2.05) is 0 Å². The van der Waals surface area contributed by atoms with Gasteiger partial charge in [0.15, 0.2) is 0 Å². The quantitative estimate of drug-likeness (QED) is 0.477. The first-order valence-electron chi connectivity index (χ1n) is 3.99. The molecule has 13 heavy (non-hydrogen) atoms. The van der Waals surface area contributed by atoms with Crippen LogP contribution in [-0.2, 0) is 0 Å². The fourth-order valence-electron chi connectivity index (χ4n) is 1.59. The van der Waals surface area contributed by atoms with Crippen LogP contribution >= 0.6 is 0 Å². The molecule has 0 bridgehead atoms. The average Bonchev–Trinajstić information content (AvgIpc) is 1.71. The first-order valence-corrected chi connectivity index (χ1v) is 3.99. The predicted octanol–water partition coefficient (Wildman–Crippen LogP) is 3.57. The first kappa shape index (κ1) is 10.7. The third-order valence-electron chi connectivity index (χ3n) is 2.44. The van der Waals surface area contributed by atoms with E-state index in [9.17, 15) is 26.1 Å². The van der Waals surface area contributed by atoms with Gasteiger partial charge in [0.05, 0.1) is 0 Å². The molecule has 0 spiro atoms. The van der Waals surface area contributed by atoms with Crippen molar-refractivity contribution in [3.63, 3.8) is 0 Å². The maximum atomic E-state index is 12.0. The van der Waals surface area contributed by atoms with Crippen molar-refractivity contribution in [1.29, 1.82) is 0 Å². The van der Waals surface area contributed by atoms with Gasteiger partial charge in [-0.15, -0.1) is 0 Å². The highest BCUT2D eigenvalue weighted by molar-refractivity contribution is 6.60. The Bertz CT molecular complexity index is 165. The molecular formula is C6H8BF6-. The SMILES string of the molecule is F[B-](F)(F)C(C1CCC1)C(F)(F)F. The molecule has 0 amide bonds. The van der Waals surface area contributed by atoms with Gasteiger partial charge in [-0.25, -0.2) is 0 Å². The van der Waals surface area contributed by atoms with E-state index < -0.39 is 24.9 Å². The Morgan fingerprint density at radius 2 is 1.54 bits per heavy atom. The Labute approximate surface area is 71.4 Å². The maximum Gasteiger partial charge on any atom is 0.490 e. The Kier molecular flexibility index (Phi) is 2.55. The van der Waals surface area contributed by atoms with Crippen LogP contribution in [0.25, 0.3) is 0 Å². The highest BCUT2D eigenvalue weighted by atomic mass is 19.4. The average molecular weight is 205 g/mol. The lowest BCUT2D eigenvalue weighted by molar-refractivity contribution is -0.156. The summed E-state index contributed by atoms with van der Waals surface area (Å²) in [5.74, 6) is -4.28. The third kappa shape index (κ3) is 2.31. The van der Waals surface area contributed by atoms with Crippen LogP contribution in [0.1, 0.15) is 19.3 Å². The van der Waals surface area contributed by atoms with Gasteiger partial charge in [0.1, 0.15) is 0 Å². The summed E-state index contributed by atoms with van der Waals surface area (Å²) in [6, 6.07) is 0. The summed E-state index contributed by atoms with van der Waals surface area (Å²) in [6.45, 7) is -5.79. The first-order chi connectivity index (χ1) is 5.73. The van der Waals surface area contributed by atoms with E-state index in [4.69, 9.17) is 0 Å². The molecule has 0 nitrogen and oxygen atoms in total. The molecule has 7 heteroatoms. The van der Waals surface area contributed by atoms with Crippen LogP contribution in [0, 0.1) is 5.92 Å². The number of hydrogen-bond acceptors (Lipinski definition) is 0. The zero-order valence-electron chi connectivity index (χ0n) is 6.62. The smallest absolute Gasteiger partial charge is 0.448 e. The molecule has 78 valence electrons. The zero-order chi connectivity index (χ0) is 10.3. The standard InChI is InChI=1S/C6H8BF6/c8-6(9,10)5(7(11,12)13)4-2-1-3-4/h4-5H,1-3H2/q-1. The van der Waals surface area contributed by atoms with E-state index in [2.05, 4.69) is 0 Å². The van der Waals surface area contributed by atoms with Crippen LogP contribution in [0.4, 0.5) is 26.1 Å². The highest BCUT2D eigenvalue weighted by Crippen LogP contribution is 2.52. The molecule has 0 heterocycles. The topological polar surface area (TPSA) is 0 Å². The van der Waals surface area contributed by atoms with E-state index in [-0.39, 0.29) is 12.8 Å². The van der Waals surface area contributed by atoms with Crippen molar-refractivity contribution in [3.05, 3.63) is 0 Å². The van der Waals surface area contributed by atoms with Gasteiger partial charge in [0.2, 0.25) is 0 Å². The van der Waals surface area contributed by atoms with E-state index in [1.54, 1.807) is 0 Å². The summed E-state index contributed by atoms with van der Waals surface area (Å²) in [4.78, 5) is 0. The molecule has 0 aromatic rings. The Hall–Kier alpha value is -0.355. The van der Waals surface area contributed by atoms with Crippen molar-refractivity contribution < 1.29 is 26.1 Å². The molecule has 1 fully saturated rings. The lowest BCUT2D eigenvalue weighted by atomic mass is 9.59. The Morgan fingerprint density at radius 3 is 1.62 bits per heavy atom. The number of hydrogen-bond donors (Lipinski definition) is 0. The summed E-state index contributed by atoms with van der Waals surface area (Å²) >= 11 is 0. The van der Waals surface area contributed by atoms with Gasteiger partial charge in [-0.2, -0.15) is 13.2 Å². The number of halogens is 6. The second kappa shape index (κ2) is 3.10. The van der Waals surface area contributed by atoms with Crippen LogP contribution in [0.2, 0.25) is 5.82 Å². The summed E-state index contributed by atoms with van der Waals surface area (Å²) < 4.78 is 72.0. The number of rotatable bonds is 2. The second-order valence-corrected chi connectivity index (χ2v) is 3.38. The van der Waals surface area contributed by atoms with Crippen molar-refractivity contribution in [3.8, 4) is 0 Å². The van der Waals surface area contributed by atoms with E-state index in [1.165, 1.54) is 0 Å². The van der Waals surface area contributed by atoms with Gasteiger partial charge in [-0.3, -0.25) is 0 Å². The summed E-state index contributed by atoms with van der Waals surface area (Å²) in [6.07, 6.45) is -4.55. The van der Waals surface area contributed by atoms with Crippen LogP contribution in [0.5, 0.6) is 0 Å². The number of alkyl halides is 3. The molecule has 1 unspecified atom stereocenters. The van der Waals surface area contributed by atoms with Crippen molar-refractivity contribution in [1.82, 2.24) is 0 Å². The van der Waals surface area contributed by atoms with Gasteiger partial charge in [0.25, 0.3) is 0 Å². The van der Waals surface area contributed by atoms with Gasteiger partial charge in [-0.05, 0) is 0 Å². The molecule has 0 aromatic carbocycles. The second-order valence-electron chi connectivity index (χ2n) is 3.38. The van der Waals surface area contributed by atoms with E-state index in [0.717, 1.165) is 0 Å². The predicted molar refractivity (Wildman–Crippen MR) is 36.2 cm³/mol. The van der Waals surface area contributed by atoms with Gasteiger partial charge >= 0.3 is 13.2 Å². The van der Waals surface area contributed by atoms with Crippen LogP contribution in [0.15, 0.2) is 0 Å². The van der Waals surface area contributed by atoms with Gasteiger partial charge in [-0.1, -0.05) is 25.2 Å². The molecule has 1 aliphatic rings. The zero-order valence-corrected chi connectivity index (χ0v) is 6.62.